The first-order valence-corrected chi connectivity index (χ1v) is 8.16. The molecule has 0 aliphatic rings. The number of benzene rings is 2. The zero-order valence-corrected chi connectivity index (χ0v) is 15.3. The van der Waals surface area contributed by atoms with Crippen molar-refractivity contribution < 1.29 is 14.3 Å². The van der Waals surface area contributed by atoms with Gasteiger partial charge in [0.1, 0.15) is 11.5 Å². The highest BCUT2D eigenvalue weighted by Gasteiger charge is 2.20. The van der Waals surface area contributed by atoms with E-state index in [1.165, 1.54) is 0 Å². The Kier molecular flexibility index (Phi) is 6.35. The van der Waals surface area contributed by atoms with Gasteiger partial charge < -0.3 is 14.4 Å². The fraction of sp³-hybridized carbons (Fsp3) is 0.278. The average Bonchev–Trinajstić information content (AvgIpc) is 2.59. The van der Waals surface area contributed by atoms with Crippen LogP contribution in [0.2, 0.25) is 10.0 Å². The van der Waals surface area contributed by atoms with Crippen molar-refractivity contribution in [1.29, 1.82) is 0 Å². The maximum Gasteiger partial charge on any atom is 0.260 e. The third kappa shape index (κ3) is 4.34. The minimum Gasteiger partial charge on any atom is -0.496 e. The van der Waals surface area contributed by atoms with Crippen LogP contribution in [-0.2, 0) is 4.79 Å². The van der Waals surface area contributed by atoms with E-state index in [-0.39, 0.29) is 18.6 Å². The lowest BCUT2D eigenvalue weighted by molar-refractivity contribution is -0.134. The number of carbonyl (C=O) groups is 1. The number of hydrogen-bond acceptors (Lipinski definition) is 3. The second kappa shape index (κ2) is 8.27. The molecule has 0 spiro atoms. The second-order valence-corrected chi connectivity index (χ2v) is 6.13. The van der Waals surface area contributed by atoms with Crippen LogP contribution in [-0.4, -0.2) is 31.6 Å². The first-order valence-electron chi connectivity index (χ1n) is 7.40. The van der Waals surface area contributed by atoms with Crippen LogP contribution in [0.1, 0.15) is 18.5 Å². The highest BCUT2D eigenvalue weighted by Crippen LogP contribution is 2.29. The SMILES string of the molecule is COc1ccccc1C(C)N(C)C(=O)COc1ccc(Cl)cc1Cl. The number of amides is 1. The van der Waals surface area contributed by atoms with E-state index in [4.69, 9.17) is 32.7 Å². The first-order chi connectivity index (χ1) is 11.4. The van der Waals surface area contributed by atoms with Crippen molar-refractivity contribution in [2.45, 2.75) is 13.0 Å². The number of nitrogens with zero attached hydrogens (tertiary/aromatic N) is 1. The molecule has 0 heterocycles. The number of rotatable bonds is 6. The lowest BCUT2D eigenvalue weighted by Gasteiger charge is -2.26. The van der Waals surface area contributed by atoms with E-state index in [9.17, 15) is 4.79 Å². The van der Waals surface area contributed by atoms with Gasteiger partial charge in [0, 0.05) is 17.6 Å². The van der Waals surface area contributed by atoms with Crippen molar-refractivity contribution in [3.63, 3.8) is 0 Å². The molecule has 0 aromatic heterocycles. The van der Waals surface area contributed by atoms with Gasteiger partial charge in [0.2, 0.25) is 0 Å². The molecule has 128 valence electrons. The smallest absolute Gasteiger partial charge is 0.260 e. The van der Waals surface area contributed by atoms with Crippen LogP contribution in [0.3, 0.4) is 0 Å². The summed E-state index contributed by atoms with van der Waals surface area (Å²) in [5.74, 6) is 0.999. The Morgan fingerprint density at radius 1 is 1.17 bits per heavy atom. The highest BCUT2D eigenvalue weighted by molar-refractivity contribution is 6.35. The molecule has 2 aromatic carbocycles. The maximum atomic E-state index is 12.4. The number of para-hydroxylation sites is 1. The number of likely N-dealkylation sites (N-methyl/N-ethyl adjacent to an activating group) is 1. The predicted molar refractivity (Wildman–Crippen MR) is 96.1 cm³/mol. The van der Waals surface area contributed by atoms with Crippen molar-refractivity contribution in [3.8, 4) is 11.5 Å². The van der Waals surface area contributed by atoms with E-state index < -0.39 is 0 Å². The molecular weight excluding hydrogens is 349 g/mol. The van der Waals surface area contributed by atoms with Gasteiger partial charge in [0.05, 0.1) is 18.2 Å². The van der Waals surface area contributed by atoms with Gasteiger partial charge in [-0.1, -0.05) is 41.4 Å². The van der Waals surface area contributed by atoms with E-state index in [1.807, 2.05) is 31.2 Å². The van der Waals surface area contributed by atoms with Gasteiger partial charge in [-0.05, 0) is 31.2 Å². The molecule has 2 rings (SSSR count). The van der Waals surface area contributed by atoms with Gasteiger partial charge >= 0.3 is 0 Å². The molecule has 0 saturated heterocycles. The molecule has 0 saturated carbocycles. The maximum absolute atomic E-state index is 12.4. The van der Waals surface area contributed by atoms with Crippen LogP contribution in [0, 0.1) is 0 Å². The third-order valence-electron chi connectivity index (χ3n) is 3.81. The molecular formula is C18H19Cl2NO3. The minimum atomic E-state index is -0.167. The van der Waals surface area contributed by atoms with Crippen molar-refractivity contribution in [1.82, 2.24) is 4.90 Å². The Labute approximate surface area is 151 Å². The number of halogens is 2. The summed E-state index contributed by atoms with van der Waals surface area (Å²) in [4.78, 5) is 14.0. The molecule has 0 bridgehead atoms. The van der Waals surface area contributed by atoms with Crippen LogP contribution in [0.15, 0.2) is 42.5 Å². The first kappa shape index (κ1) is 18.4. The lowest BCUT2D eigenvalue weighted by atomic mass is 10.1. The molecule has 0 fully saturated rings. The summed E-state index contributed by atoms with van der Waals surface area (Å²) in [6, 6.07) is 12.3. The standard InChI is InChI=1S/C18H19Cl2NO3/c1-12(14-6-4-5-7-16(14)23-3)21(2)18(22)11-24-17-9-8-13(19)10-15(17)20/h4-10,12H,11H2,1-3H3. The zero-order valence-electron chi connectivity index (χ0n) is 13.8. The molecule has 0 N–H and O–H groups in total. The quantitative estimate of drug-likeness (QED) is 0.748. The second-order valence-electron chi connectivity index (χ2n) is 5.29. The van der Waals surface area contributed by atoms with Crippen molar-refractivity contribution >= 4 is 29.1 Å². The molecule has 24 heavy (non-hydrogen) atoms. The van der Waals surface area contributed by atoms with Gasteiger partial charge in [-0.2, -0.15) is 0 Å². The summed E-state index contributed by atoms with van der Waals surface area (Å²) in [7, 11) is 3.34. The Morgan fingerprint density at radius 3 is 2.54 bits per heavy atom. The molecule has 0 radical (unpaired) electrons. The summed E-state index contributed by atoms with van der Waals surface area (Å²) in [5, 5.41) is 0.885. The van der Waals surface area contributed by atoms with Crippen molar-refractivity contribution in [3.05, 3.63) is 58.1 Å². The normalized spacial score (nSPS) is 11.7. The van der Waals surface area contributed by atoms with Gasteiger partial charge in [0.25, 0.3) is 5.91 Å². The monoisotopic (exact) mass is 367 g/mol. The van der Waals surface area contributed by atoms with E-state index in [2.05, 4.69) is 0 Å². The molecule has 4 nitrogen and oxygen atoms in total. The van der Waals surface area contributed by atoms with Crippen LogP contribution in [0.5, 0.6) is 11.5 Å². The number of methoxy groups -OCH3 is 1. The Balaban J connectivity index is 2.03. The van der Waals surface area contributed by atoms with Gasteiger partial charge in [0.15, 0.2) is 6.61 Å². The van der Waals surface area contributed by atoms with Crippen LogP contribution in [0.25, 0.3) is 0 Å². The Bertz CT molecular complexity index is 721. The zero-order chi connectivity index (χ0) is 17.7. The molecule has 1 unspecified atom stereocenters. The van der Waals surface area contributed by atoms with Crippen LogP contribution >= 0.6 is 23.2 Å². The Hall–Kier alpha value is -1.91. The molecule has 6 heteroatoms. The van der Waals surface area contributed by atoms with Crippen LogP contribution < -0.4 is 9.47 Å². The number of ether oxygens (including phenoxy) is 2. The summed E-state index contributed by atoms with van der Waals surface area (Å²) in [5.41, 5.74) is 0.931. The molecule has 1 atom stereocenters. The lowest BCUT2D eigenvalue weighted by Crippen LogP contribution is -2.33. The summed E-state index contributed by atoms with van der Waals surface area (Å²) in [6.45, 7) is 1.82. The Morgan fingerprint density at radius 2 is 1.88 bits per heavy atom. The predicted octanol–water partition coefficient (Wildman–Crippen LogP) is 4.60. The fourth-order valence-electron chi connectivity index (χ4n) is 2.27. The summed E-state index contributed by atoms with van der Waals surface area (Å²) < 4.78 is 10.9. The molecule has 1 amide bonds. The van der Waals surface area contributed by atoms with Crippen molar-refractivity contribution in [2.75, 3.05) is 20.8 Å². The summed E-state index contributed by atoms with van der Waals surface area (Å²) in [6.07, 6.45) is 0. The average molecular weight is 368 g/mol. The van der Waals surface area contributed by atoms with Crippen molar-refractivity contribution in [2.24, 2.45) is 0 Å². The van der Waals surface area contributed by atoms with Gasteiger partial charge in [-0.15, -0.1) is 0 Å². The molecule has 2 aromatic rings. The summed E-state index contributed by atoms with van der Waals surface area (Å²) >= 11 is 11.9. The van der Waals surface area contributed by atoms with E-state index in [1.54, 1.807) is 37.3 Å². The van der Waals surface area contributed by atoms with Gasteiger partial charge in [-0.3, -0.25) is 4.79 Å². The fourth-order valence-corrected chi connectivity index (χ4v) is 2.73. The number of carbonyl (C=O) groups excluding carboxylic acids is 1. The minimum absolute atomic E-state index is 0.114. The third-order valence-corrected chi connectivity index (χ3v) is 4.34. The van der Waals surface area contributed by atoms with E-state index >= 15 is 0 Å². The molecule has 0 aliphatic carbocycles. The van der Waals surface area contributed by atoms with E-state index in [0.29, 0.717) is 15.8 Å². The number of hydrogen-bond donors (Lipinski definition) is 0. The van der Waals surface area contributed by atoms with Gasteiger partial charge in [-0.25, -0.2) is 0 Å². The molecule has 0 aliphatic heterocycles. The van der Waals surface area contributed by atoms with Crippen LogP contribution in [0.4, 0.5) is 0 Å². The van der Waals surface area contributed by atoms with E-state index in [0.717, 1.165) is 11.3 Å². The highest BCUT2D eigenvalue weighted by atomic mass is 35.5. The largest absolute Gasteiger partial charge is 0.496 e. The topological polar surface area (TPSA) is 38.8 Å².